The van der Waals surface area contributed by atoms with Gasteiger partial charge >= 0.3 is 0 Å². The molecular formula is C20H14N2. The zero-order chi connectivity index (χ0) is 15.1. The van der Waals surface area contributed by atoms with Gasteiger partial charge in [-0.1, -0.05) is 48.5 Å². The molecule has 2 aliphatic rings. The largest absolute Gasteiger partial charge is 0.320 e. The van der Waals surface area contributed by atoms with Crippen LogP contribution in [0, 0.1) is 18.3 Å². The van der Waals surface area contributed by atoms with Gasteiger partial charge in [-0.25, -0.2) is 0 Å². The SMILES string of the molecule is Cc1c2c3cccccc-3c(C#N)c2cn1-c1ccccc1. The van der Waals surface area contributed by atoms with Gasteiger partial charge in [0, 0.05) is 33.9 Å². The molecule has 22 heavy (non-hydrogen) atoms. The van der Waals surface area contributed by atoms with E-state index in [-0.39, 0.29) is 0 Å². The maximum Gasteiger partial charge on any atom is 0.100 e. The molecule has 0 unspecified atom stereocenters. The van der Waals surface area contributed by atoms with E-state index in [0.29, 0.717) is 0 Å². The minimum Gasteiger partial charge on any atom is -0.320 e. The quantitative estimate of drug-likeness (QED) is 0.487. The van der Waals surface area contributed by atoms with Crippen molar-refractivity contribution < 1.29 is 0 Å². The molecule has 0 fully saturated rings. The number of hydrogen-bond donors (Lipinski definition) is 0. The van der Waals surface area contributed by atoms with Crippen LogP contribution >= 0.6 is 0 Å². The lowest BCUT2D eigenvalue weighted by molar-refractivity contribution is 1.02. The molecule has 0 saturated heterocycles. The normalized spacial score (nSPS) is 10.9. The molecule has 2 heteroatoms. The van der Waals surface area contributed by atoms with E-state index in [2.05, 4.69) is 42.0 Å². The molecule has 0 saturated carbocycles. The highest BCUT2D eigenvalue weighted by Crippen LogP contribution is 2.41. The van der Waals surface area contributed by atoms with Crippen molar-refractivity contribution in [3.05, 3.63) is 78.1 Å². The Labute approximate surface area is 129 Å². The molecule has 1 aromatic heterocycles. The Kier molecular flexibility index (Phi) is 2.74. The third-order valence-electron chi connectivity index (χ3n) is 4.24. The Bertz CT molecular complexity index is 988. The molecule has 2 aromatic rings. The zero-order valence-corrected chi connectivity index (χ0v) is 12.2. The van der Waals surface area contributed by atoms with Crippen LogP contribution in [0.25, 0.3) is 27.6 Å². The number of rotatable bonds is 1. The van der Waals surface area contributed by atoms with Crippen molar-refractivity contribution in [1.29, 1.82) is 5.26 Å². The number of hydrogen-bond acceptors (Lipinski definition) is 1. The van der Waals surface area contributed by atoms with E-state index >= 15 is 0 Å². The molecule has 4 rings (SSSR count). The summed E-state index contributed by atoms with van der Waals surface area (Å²) in [4.78, 5) is 0. The highest BCUT2D eigenvalue weighted by molar-refractivity contribution is 6.09. The first-order chi connectivity index (χ1) is 10.8. The Balaban J connectivity index is 2.14. The first-order valence-corrected chi connectivity index (χ1v) is 7.29. The first kappa shape index (κ1) is 12.7. The van der Waals surface area contributed by atoms with E-state index in [0.717, 1.165) is 27.8 Å². The summed E-state index contributed by atoms with van der Waals surface area (Å²) in [6.45, 7) is 2.11. The van der Waals surface area contributed by atoms with Gasteiger partial charge in [-0.3, -0.25) is 0 Å². The number of aryl methyl sites for hydroxylation is 1. The summed E-state index contributed by atoms with van der Waals surface area (Å²) >= 11 is 0. The summed E-state index contributed by atoms with van der Waals surface area (Å²) in [5.74, 6) is 0. The lowest BCUT2D eigenvalue weighted by Gasteiger charge is -2.06. The zero-order valence-electron chi connectivity index (χ0n) is 12.2. The highest BCUT2D eigenvalue weighted by Gasteiger charge is 2.21. The Morgan fingerprint density at radius 1 is 0.864 bits per heavy atom. The Hall–Kier alpha value is -3.05. The fourth-order valence-corrected chi connectivity index (χ4v) is 3.24. The summed E-state index contributed by atoms with van der Waals surface area (Å²) in [5, 5.41) is 11.8. The van der Waals surface area contributed by atoms with E-state index in [1.807, 2.05) is 42.5 Å². The van der Waals surface area contributed by atoms with Crippen LogP contribution in [0.3, 0.4) is 0 Å². The number of para-hydroxylation sites is 1. The number of nitriles is 1. The monoisotopic (exact) mass is 282 g/mol. The van der Waals surface area contributed by atoms with Crippen molar-refractivity contribution in [2.45, 2.75) is 6.92 Å². The predicted molar refractivity (Wildman–Crippen MR) is 89.3 cm³/mol. The van der Waals surface area contributed by atoms with Crippen LogP contribution in [0.2, 0.25) is 0 Å². The van der Waals surface area contributed by atoms with Gasteiger partial charge < -0.3 is 4.57 Å². The second-order valence-corrected chi connectivity index (χ2v) is 5.43. The van der Waals surface area contributed by atoms with E-state index < -0.39 is 0 Å². The van der Waals surface area contributed by atoms with Gasteiger partial charge in [-0.2, -0.15) is 5.26 Å². The molecule has 0 aliphatic heterocycles. The Morgan fingerprint density at radius 2 is 1.50 bits per heavy atom. The van der Waals surface area contributed by atoms with Crippen LogP contribution in [-0.4, -0.2) is 4.57 Å². The molecule has 0 spiro atoms. The lowest BCUT2D eigenvalue weighted by atomic mass is 10.1. The molecule has 2 nitrogen and oxygen atoms in total. The fourth-order valence-electron chi connectivity index (χ4n) is 3.24. The number of nitrogens with zero attached hydrogens (tertiary/aromatic N) is 2. The maximum absolute atomic E-state index is 9.62. The Morgan fingerprint density at radius 3 is 2.18 bits per heavy atom. The van der Waals surface area contributed by atoms with Crippen LogP contribution in [0.15, 0.2) is 66.9 Å². The van der Waals surface area contributed by atoms with E-state index in [9.17, 15) is 5.26 Å². The molecule has 104 valence electrons. The minimum absolute atomic E-state index is 0.763. The van der Waals surface area contributed by atoms with Crippen LogP contribution in [0.4, 0.5) is 0 Å². The van der Waals surface area contributed by atoms with Gasteiger partial charge in [-0.05, 0) is 24.6 Å². The number of aromatic nitrogens is 1. The van der Waals surface area contributed by atoms with Gasteiger partial charge in [-0.15, -0.1) is 0 Å². The molecule has 0 N–H and O–H groups in total. The average Bonchev–Trinajstić information content (AvgIpc) is 2.91. The molecule has 0 bridgehead atoms. The maximum atomic E-state index is 9.62. The first-order valence-electron chi connectivity index (χ1n) is 7.29. The molecular weight excluding hydrogens is 268 g/mol. The van der Waals surface area contributed by atoms with Crippen molar-refractivity contribution >= 4 is 10.8 Å². The summed E-state index contributed by atoms with van der Waals surface area (Å²) in [6, 6.07) is 22.8. The van der Waals surface area contributed by atoms with E-state index in [1.165, 1.54) is 11.1 Å². The molecule has 2 aliphatic carbocycles. The summed E-state index contributed by atoms with van der Waals surface area (Å²) in [7, 11) is 0. The lowest BCUT2D eigenvalue weighted by Crippen LogP contribution is -1.94. The van der Waals surface area contributed by atoms with Crippen molar-refractivity contribution in [2.24, 2.45) is 0 Å². The number of fused-ring (bicyclic) bond motifs is 3. The highest BCUT2D eigenvalue weighted by atomic mass is 15.0. The van der Waals surface area contributed by atoms with Crippen molar-refractivity contribution in [1.82, 2.24) is 4.57 Å². The van der Waals surface area contributed by atoms with Gasteiger partial charge in [0.1, 0.15) is 6.07 Å². The topological polar surface area (TPSA) is 28.7 Å². The van der Waals surface area contributed by atoms with Gasteiger partial charge in [0.2, 0.25) is 0 Å². The second-order valence-electron chi connectivity index (χ2n) is 5.43. The van der Waals surface area contributed by atoms with E-state index in [4.69, 9.17) is 0 Å². The molecule has 1 heterocycles. The summed E-state index contributed by atoms with van der Waals surface area (Å²) in [6.07, 6.45) is 2.08. The van der Waals surface area contributed by atoms with Gasteiger partial charge in [0.15, 0.2) is 0 Å². The predicted octanol–water partition coefficient (Wildman–Crippen LogP) is 4.92. The summed E-state index contributed by atoms with van der Waals surface area (Å²) in [5.41, 5.74) is 5.22. The van der Waals surface area contributed by atoms with Crippen LogP contribution in [0.5, 0.6) is 0 Å². The van der Waals surface area contributed by atoms with E-state index in [1.54, 1.807) is 0 Å². The van der Waals surface area contributed by atoms with Crippen molar-refractivity contribution in [3.8, 4) is 22.9 Å². The second kappa shape index (κ2) is 4.75. The van der Waals surface area contributed by atoms with Crippen molar-refractivity contribution in [2.75, 3.05) is 0 Å². The smallest absolute Gasteiger partial charge is 0.100 e. The fraction of sp³-hybridized carbons (Fsp3) is 0.0500. The molecule has 0 atom stereocenters. The van der Waals surface area contributed by atoms with Gasteiger partial charge in [0.05, 0.1) is 5.56 Å². The summed E-state index contributed by atoms with van der Waals surface area (Å²) < 4.78 is 2.16. The minimum atomic E-state index is 0.763. The molecule has 0 radical (unpaired) electrons. The third kappa shape index (κ3) is 1.66. The van der Waals surface area contributed by atoms with Crippen LogP contribution in [0.1, 0.15) is 11.3 Å². The van der Waals surface area contributed by atoms with Crippen molar-refractivity contribution in [3.63, 3.8) is 0 Å². The number of benzene rings is 1. The van der Waals surface area contributed by atoms with Crippen LogP contribution in [-0.2, 0) is 0 Å². The van der Waals surface area contributed by atoms with Gasteiger partial charge in [0.25, 0.3) is 0 Å². The molecule has 1 aromatic carbocycles. The van der Waals surface area contributed by atoms with Crippen LogP contribution < -0.4 is 0 Å². The standard InChI is InChI=1S/C20H14N2/c1-14-20-17-11-7-3-6-10-16(17)18(12-21)19(20)13-22(14)15-8-4-2-5-9-15/h2-11,13H,1H3. The third-order valence-corrected chi connectivity index (χ3v) is 4.24. The average molecular weight is 282 g/mol. The molecule has 0 amide bonds.